The second-order valence-electron chi connectivity index (χ2n) is 5.16. The van der Waals surface area contributed by atoms with Crippen LogP contribution >= 0.6 is 0 Å². The molecule has 1 amide bonds. The summed E-state index contributed by atoms with van der Waals surface area (Å²) in [4.78, 5) is 23.9. The maximum Gasteiger partial charge on any atom is 0.253 e. The second kappa shape index (κ2) is 7.41. The lowest BCUT2D eigenvalue weighted by Gasteiger charge is -2.12. The number of ether oxygens (including phenoxy) is 1. The van der Waals surface area contributed by atoms with Crippen LogP contribution in [0.2, 0.25) is 0 Å². The highest BCUT2D eigenvalue weighted by Gasteiger charge is 2.08. The molecule has 0 saturated heterocycles. The Hall–Kier alpha value is -2.62. The van der Waals surface area contributed by atoms with Crippen LogP contribution in [-0.4, -0.2) is 37.8 Å². The normalized spacial score (nSPS) is 10.1. The maximum absolute atomic E-state index is 11.9. The van der Waals surface area contributed by atoms with Crippen molar-refractivity contribution in [3.8, 4) is 5.75 Å². The summed E-state index contributed by atoms with van der Waals surface area (Å²) in [5, 5.41) is 0. The molecule has 2 rings (SSSR count). The van der Waals surface area contributed by atoms with Crippen molar-refractivity contribution < 1.29 is 14.3 Å². The van der Waals surface area contributed by atoms with Gasteiger partial charge < -0.3 is 9.64 Å². The predicted molar refractivity (Wildman–Crippen MR) is 85.3 cm³/mol. The molecule has 0 aromatic heterocycles. The first-order valence-corrected chi connectivity index (χ1v) is 7.06. The largest absolute Gasteiger partial charge is 0.486 e. The fourth-order valence-electron chi connectivity index (χ4n) is 2.16. The van der Waals surface area contributed by atoms with Crippen molar-refractivity contribution in [2.45, 2.75) is 6.42 Å². The summed E-state index contributed by atoms with van der Waals surface area (Å²) in [5.74, 6) is 0.698. The van der Waals surface area contributed by atoms with Gasteiger partial charge in [-0.15, -0.1) is 0 Å². The van der Waals surface area contributed by atoms with E-state index in [1.165, 1.54) is 0 Å². The van der Waals surface area contributed by atoms with Gasteiger partial charge in [-0.05, 0) is 29.3 Å². The summed E-state index contributed by atoms with van der Waals surface area (Å²) in [6.07, 6.45) is 1.42. The molecule has 22 heavy (non-hydrogen) atoms. The van der Waals surface area contributed by atoms with E-state index in [4.69, 9.17) is 4.74 Å². The van der Waals surface area contributed by atoms with Gasteiger partial charge in [-0.25, -0.2) is 0 Å². The standard InChI is InChI=1S/C18H19NO3/c1-19(2)18(21)15-9-7-14(8-10-15)13-16-5-3-4-6-17(16)22-12-11-20/h3-11H,12-13H2,1-2H3. The minimum absolute atomic E-state index is 0.0127. The first kappa shape index (κ1) is 15.8. The van der Waals surface area contributed by atoms with Gasteiger partial charge in [0.2, 0.25) is 0 Å². The number of benzene rings is 2. The quantitative estimate of drug-likeness (QED) is 0.770. The molecule has 2 aromatic rings. The minimum atomic E-state index is -0.0127. The zero-order valence-electron chi connectivity index (χ0n) is 12.8. The SMILES string of the molecule is CN(C)C(=O)c1ccc(Cc2ccccc2OCC=O)cc1. The van der Waals surface area contributed by atoms with E-state index in [2.05, 4.69) is 0 Å². The van der Waals surface area contributed by atoms with E-state index in [0.29, 0.717) is 17.7 Å². The molecule has 0 atom stereocenters. The van der Waals surface area contributed by atoms with Gasteiger partial charge in [0.25, 0.3) is 5.91 Å². The van der Waals surface area contributed by atoms with E-state index in [9.17, 15) is 9.59 Å². The van der Waals surface area contributed by atoms with E-state index >= 15 is 0 Å². The molecule has 0 aliphatic carbocycles. The molecule has 0 unspecified atom stereocenters. The second-order valence-corrected chi connectivity index (χ2v) is 5.16. The van der Waals surface area contributed by atoms with Gasteiger partial charge in [-0.3, -0.25) is 9.59 Å². The lowest BCUT2D eigenvalue weighted by atomic mass is 10.0. The zero-order chi connectivity index (χ0) is 15.9. The highest BCUT2D eigenvalue weighted by molar-refractivity contribution is 5.93. The molecular weight excluding hydrogens is 278 g/mol. The van der Waals surface area contributed by atoms with E-state index in [-0.39, 0.29) is 12.5 Å². The van der Waals surface area contributed by atoms with E-state index in [1.54, 1.807) is 19.0 Å². The van der Waals surface area contributed by atoms with Gasteiger partial charge in [0, 0.05) is 26.1 Å². The average Bonchev–Trinajstić information content (AvgIpc) is 2.54. The Morgan fingerprint density at radius 3 is 2.41 bits per heavy atom. The number of amides is 1. The van der Waals surface area contributed by atoms with Crippen molar-refractivity contribution in [2.75, 3.05) is 20.7 Å². The van der Waals surface area contributed by atoms with Crippen molar-refractivity contribution >= 4 is 12.2 Å². The summed E-state index contributed by atoms with van der Waals surface area (Å²) in [7, 11) is 3.47. The van der Waals surface area contributed by atoms with Gasteiger partial charge in [-0.1, -0.05) is 30.3 Å². The first-order chi connectivity index (χ1) is 10.6. The van der Waals surface area contributed by atoms with Crippen LogP contribution in [0.15, 0.2) is 48.5 Å². The first-order valence-electron chi connectivity index (χ1n) is 7.06. The van der Waals surface area contributed by atoms with Crippen LogP contribution in [0.25, 0.3) is 0 Å². The number of aldehydes is 1. The van der Waals surface area contributed by atoms with Crippen LogP contribution in [0, 0.1) is 0 Å². The molecule has 0 radical (unpaired) electrons. The minimum Gasteiger partial charge on any atom is -0.486 e. The summed E-state index contributed by atoms with van der Waals surface area (Å²) in [6.45, 7) is 0.0489. The summed E-state index contributed by atoms with van der Waals surface area (Å²) < 4.78 is 5.42. The molecule has 0 saturated carbocycles. The van der Waals surface area contributed by atoms with Crippen LogP contribution < -0.4 is 4.74 Å². The monoisotopic (exact) mass is 297 g/mol. The third-order valence-electron chi connectivity index (χ3n) is 3.28. The lowest BCUT2D eigenvalue weighted by molar-refractivity contribution is -0.109. The molecule has 0 bridgehead atoms. The van der Waals surface area contributed by atoms with Crippen LogP contribution in [0.1, 0.15) is 21.5 Å². The van der Waals surface area contributed by atoms with E-state index < -0.39 is 0 Å². The summed E-state index contributed by atoms with van der Waals surface area (Å²) in [6, 6.07) is 15.2. The summed E-state index contributed by atoms with van der Waals surface area (Å²) in [5.41, 5.74) is 2.76. The molecule has 4 heteroatoms. The number of hydrogen-bond donors (Lipinski definition) is 0. The molecule has 114 valence electrons. The molecule has 0 N–H and O–H groups in total. The van der Waals surface area contributed by atoms with Crippen molar-refractivity contribution in [2.24, 2.45) is 0 Å². The zero-order valence-corrected chi connectivity index (χ0v) is 12.8. The Labute approximate surface area is 130 Å². The number of hydrogen-bond acceptors (Lipinski definition) is 3. The number of carbonyl (C=O) groups excluding carboxylic acids is 2. The summed E-state index contributed by atoms with van der Waals surface area (Å²) >= 11 is 0. The topological polar surface area (TPSA) is 46.6 Å². The Kier molecular flexibility index (Phi) is 5.31. The smallest absolute Gasteiger partial charge is 0.253 e. The molecule has 0 fully saturated rings. The number of carbonyl (C=O) groups is 2. The molecule has 0 heterocycles. The van der Waals surface area contributed by atoms with Crippen molar-refractivity contribution in [1.82, 2.24) is 4.90 Å². The third-order valence-corrected chi connectivity index (χ3v) is 3.28. The van der Waals surface area contributed by atoms with Gasteiger partial charge in [0.1, 0.15) is 12.4 Å². The van der Waals surface area contributed by atoms with Gasteiger partial charge in [0.15, 0.2) is 6.29 Å². The number of rotatable bonds is 6. The Bertz CT molecular complexity index is 648. The molecule has 2 aromatic carbocycles. The van der Waals surface area contributed by atoms with E-state index in [0.717, 1.165) is 17.4 Å². The average molecular weight is 297 g/mol. The van der Waals surface area contributed by atoms with Gasteiger partial charge >= 0.3 is 0 Å². The Morgan fingerprint density at radius 1 is 1.09 bits per heavy atom. The molecule has 0 spiro atoms. The molecular formula is C18H19NO3. The van der Waals surface area contributed by atoms with Crippen LogP contribution in [0.4, 0.5) is 0 Å². The Balaban J connectivity index is 2.14. The molecule has 0 aliphatic heterocycles. The fourth-order valence-corrected chi connectivity index (χ4v) is 2.16. The van der Waals surface area contributed by atoms with Crippen molar-refractivity contribution in [1.29, 1.82) is 0 Å². The highest BCUT2D eigenvalue weighted by Crippen LogP contribution is 2.21. The highest BCUT2D eigenvalue weighted by atomic mass is 16.5. The van der Waals surface area contributed by atoms with E-state index in [1.807, 2.05) is 48.5 Å². The number of nitrogens with zero attached hydrogens (tertiary/aromatic N) is 1. The maximum atomic E-state index is 11.9. The van der Waals surface area contributed by atoms with Crippen LogP contribution in [0.3, 0.4) is 0 Å². The molecule has 4 nitrogen and oxygen atoms in total. The fraction of sp³-hybridized carbons (Fsp3) is 0.222. The van der Waals surface area contributed by atoms with Crippen molar-refractivity contribution in [3.63, 3.8) is 0 Å². The number of para-hydroxylation sites is 1. The van der Waals surface area contributed by atoms with Crippen molar-refractivity contribution in [3.05, 3.63) is 65.2 Å². The predicted octanol–water partition coefficient (Wildman–Crippen LogP) is 2.56. The van der Waals surface area contributed by atoms with Gasteiger partial charge in [-0.2, -0.15) is 0 Å². The van der Waals surface area contributed by atoms with Crippen LogP contribution in [-0.2, 0) is 11.2 Å². The van der Waals surface area contributed by atoms with Crippen LogP contribution in [0.5, 0.6) is 5.75 Å². The third kappa shape index (κ3) is 3.95. The Morgan fingerprint density at radius 2 is 1.77 bits per heavy atom. The van der Waals surface area contributed by atoms with Gasteiger partial charge in [0.05, 0.1) is 0 Å². The molecule has 0 aliphatic rings. The lowest BCUT2D eigenvalue weighted by Crippen LogP contribution is -2.21.